The third kappa shape index (κ3) is 2.38. The van der Waals surface area contributed by atoms with Crippen molar-refractivity contribution in [2.45, 2.75) is 12.5 Å². The van der Waals surface area contributed by atoms with E-state index in [1.54, 1.807) is 0 Å². The molecule has 1 saturated heterocycles. The molecule has 0 aromatic carbocycles. The van der Waals surface area contributed by atoms with Gasteiger partial charge in [-0.1, -0.05) is 11.8 Å². The molecule has 0 unspecified atom stereocenters. The molecule has 1 aliphatic rings. The number of amides is 1. The maximum Gasteiger partial charge on any atom is 0.235 e. The van der Waals surface area contributed by atoms with Gasteiger partial charge in [-0.15, -0.1) is 11.6 Å². The Kier molecular flexibility index (Phi) is 3.20. The Morgan fingerprint density at radius 3 is 3.00 bits per heavy atom. The molecule has 1 atom stereocenters. The lowest BCUT2D eigenvalue weighted by Gasteiger charge is -2.07. The highest BCUT2D eigenvalue weighted by Crippen LogP contribution is 2.19. The molecule has 1 N–H and O–H groups in total. The number of hydrogen-bond donors (Lipinski definition) is 1. The topological polar surface area (TPSA) is 46.2 Å². The molecule has 0 aromatic heterocycles. The summed E-state index contributed by atoms with van der Waals surface area (Å²) in [7, 11) is 0. The molecule has 0 radical (unpaired) electrons. The molecule has 1 amide bonds. The van der Waals surface area contributed by atoms with E-state index in [1.807, 2.05) is 0 Å². The molecule has 62 valence electrons. The van der Waals surface area contributed by atoms with Crippen molar-refractivity contribution in [3.8, 4) is 0 Å². The summed E-state index contributed by atoms with van der Waals surface area (Å²) in [4.78, 5) is 21.6. The Bertz CT molecular complexity index is 185. The summed E-state index contributed by atoms with van der Waals surface area (Å²) in [5, 5.41) is 2.58. The van der Waals surface area contributed by atoms with Gasteiger partial charge in [0.05, 0.1) is 6.04 Å². The van der Waals surface area contributed by atoms with Gasteiger partial charge in [-0.3, -0.25) is 9.59 Å². The van der Waals surface area contributed by atoms with E-state index < -0.39 is 0 Å². The van der Waals surface area contributed by atoms with Crippen molar-refractivity contribution in [3.05, 3.63) is 0 Å². The van der Waals surface area contributed by atoms with E-state index in [4.69, 9.17) is 11.6 Å². The molecule has 1 aliphatic heterocycles. The highest BCUT2D eigenvalue weighted by atomic mass is 35.5. The quantitative estimate of drug-likeness (QED) is 0.645. The molecular formula is C6H8ClNO2S. The van der Waals surface area contributed by atoms with E-state index in [1.165, 1.54) is 11.8 Å². The number of halogens is 1. The second-order valence-electron chi connectivity index (χ2n) is 2.21. The summed E-state index contributed by atoms with van der Waals surface area (Å²) < 4.78 is 0. The Hall–Kier alpha value is -0.220. The van der Waals surface area contributed by atoms with Crippen LogP contribution >= 0.6 is 23.4 Å². The second kappa shape index (κ2) is 3.97. The first-order chi connectivity index (χ1) is 5.24. The summed E-state index contributed by atoms with van der Waals surface area (Å²) >= 11 is 6.51. The van der Waals surface area contributed by atoms with Gasteiger partial charge < -0.3 is 5.32 Å². The summed E-state index contributed by atoms with van der Waals surface area (Å²) in [6, 6.07) is -0.300. The maximum absolute atomic E-state index is 10.9. The van der Waals surface area contributed by atoms with Crippen molar-refractivity contribution in [2.75, 3.05) is 11.6 Å². The molecule has 3 nitrogen and oxygen atoms in total. The molecule has 1 fully saturated rings. The average Bonchev–Trinajstić information content (AvgIpc) is 2.37. The lowest BCUT2D eigenvalue weighted by Crippen LogP contribution is -2.37. The van der Waals surface area contributed by atoms with Crippen molar-refractivity contribution < 1.29 is 9.59 Å². The Morgan fingerprint density at radius 2 is 2.55 bits per heavy atom. The fraction of sp³-hybridized carbons (Fsp3) is 0.667. The highest BCUT2D eigenvalue weighted by Gasteiger charge is 2.26. The first-order valence-electron chi connectivity index (χ1n) is 3.26. The van der Waals surface area contributed by atoms with E-state index in [9.17, 15) is 9.59 Å². The van der Waals surface area contributed by atoms with Crippen LogP contribution in [0.15, 0.2) is 0 Å². The van der Waals surface area contributed by atoms with E-state index in [2.05, 4.69) is 5.32 Å². The number of rotatable bonds is 2. The van der Waals surface area contributed by atoms with Crippen LogP contribution in [0.3, 0.4) is 0 Å². The lowest BCUT2D eigenvalue weighted by atomic mass is 10.2. The van der Waals surface area contributed by atoms with Crippen LogP contribution in [0.2, 0.25) is 0 Å². The van der Waals surface area contributed by atoms with Crippen molar-refractivity contribution in [1.29, 1.82) is 0 Å². The minimum Gasteiger partial charge on any atom is -0.344 e. The molecule has 0 spiro atoms. The van der Waals surface area contributed by atoms with Crippen molar-refractivity contribution in [1.82, 2.24) is 5.32 Å². The maximum atomic E-state index is 10.9. The van der Waals surface area contributed by atoms with Crippen LogP contribution in [0.5, 0.6) is 0 Å². The zero-order valence-corrected chi connectivity index (χ0v) is 7.37. The predicted molar refractivity (Wildman–Crippen MR) is 44.7 cm³/mol. The largest absolute Gasteiger partial charge is 0.344 e. The number of hydrogen-bond acceptors (Lipinski definition) is 3. The van der Waals surface area contributed by atoms with Gasteiger partial charge in [-0.2, -0.15) is 0 Å². The van der Waals surface area contributed by atoms with E-state index in [0.717, 1.165) is 12.2 Å². The Balaban J connectivity index is 2.36. The minimum atomic E-state index is -0.300. The number of carbonyl (C=O) groups excluding carboxylic acids is 2. The SMILES string of the molecule is O=C(CCl)N[C@H]1CCSC1=O. The first kappa shape index (κ1) is 8.87. The lowest BCUT2D eigenvalue weighted by molar-refractivity contribution is -0.122. The first-order valence-corrected chi connectivity index (χ1v) is 4.78. The fourth-order valence-electron chi connectivity index (χ4n) is 0.860. The van der Waals surface area contributed by atoms with Crippen LogP contribution in [0.1, 0.15) is 6.42 Å². The molecule has 0 bridgehead atoms. The van der Waals surface area contributed by atoms with Gasteiger partial charge >= 0.3 is 0 Å². The predicted octanol–water partition coefficient (Wildman–Crippen LogP) is 0.373. The number of nitrogens with one attached hydrogen (secondary N) is 1. The zero-order chi connectivity index (χ0) is 8.27. The second-order valence-corrected chi connectivity index (χ2v) is 3.58. The Morgan fingerprint density at radius 1 is 1.82 bits per heavy atom. The Labute approximate surface area is 73.9 Å². The van der Waals surface area contributed by atoms with Crippen LogP contribution in [-0.2, 0) is 9.59 Å². The summed E-state index contributed by atoms with van der Waals surface area (Å²) in [5.74, 6) is 0.452. The van der Waals surface area contributed by atoms with Crippen molar-refractivity contribution in [3.63, 3.8) is 0 Å². The van der Waals surface area contributed by atoms with Crippen LogP contribution in [-0.4, -0.2) is 28.7 Å². The summed E-state index contributed by atoms with van der Waals surface area (Å²) in [5.41, 5.74) is 0. The minimum absolute atomic E-state index is 0.0449. The van der Waals surface area contributed by atoms with Crippen LogP contribution in [0, 0.1) is 0 Å². The van der Waals surface area contributed by atoms with Crippen LogP contribution in [0.25, 0.3) is 0 Å². The van der Waals surface area contributed by atoms with Crippen LogP contribution < -0.4 is 5.32 Å². The van der Waals surface area contributed by atoms with Gasteiger partial charge in [-0.05, 0) is 6.42 Å². The van der Waals surface area contributed by atoms with Crippen molar-refractivity contribution >= 4 is 34.4 Å². The molecule has 0 aromatic rings. The van der Waals surface area contributed by atoms with Crippen molar-refractivity contribution in [2.24, 2.45) is 0 Å². The summed E-state index contributed by atoms with van der Waals surface area (Å²) in [6.07, 6.45) is 0.728. The van der Waals surface area contributed by atoms with E-state index in [-0.39, 0.29) is 22.9 Å². The van der Waals surface area contributed by atoms with E-state index in [0.29, 0.717) is 0 Å². The molecular weight excluding hydrogens is 186 g/mol. The molecule has 0 saturated carbocycles. The molecule has 0 aliphatic carbocycles. The number of thioether (sulfide) groups is 1. The van der Waals surface area contributed by atoms with Gasteiger partial charge in [0.2, 0.25) is 11.0 Å². The normalized spacial score (nSPS) is 23.7. The number of carbonyl (C=O) groups is 2. The molecule has 1 rings (SSSR count). The molecule has 1 heterocycles. The summed E-state index contributed by atoms with van der Waals surface area (Å²) in [6.45, 7) is 0. The van der Waals surface area contributed by atoms with Crippen LogP contribution in [0.4, 0.5) is 0 Å². The van der Waals surface area contributed by atoms with Gasteiger partial charge in [0.1, 0.15) is 5.88 Å². The monoisotopic (exact) mass is 193 g/mol. The standard InChI is InChI=1S/C6H8ClNO2S/c7-3-5(9)8-4-1-2-11-6(4)10/h4H,1-3H2,(H,8,9)/t4-/m0/s1. The smallest absolute Gasteiger partial charge is 0.235 e. The van der Waals surface area contributed by atoms with Gasteiger partial charge in [0.25, 0.3) is 0 Å². The highest BCUT2D eigenvalue weighted by molar-refractivity contribution is 8.14. The van der Waals surface area contributed by atoms with Gasteiger partial charge in [-0.25, -0.2) is 0 Å². The molecule has 5 heteroatoms. The third-order valence-electron chi connectivity index (χ3n) is 1.39. The zero-order valence-electron chi connectivity index (χ0n) is 5.80. The van der Waals surface area contributed by atoms with Gasteiger partial charge in [0, 0.05) is 5.75 Å². The molecule has 11 heavy (non-hydrogen) atoms. The average molecular weight is 194 g/mol. The van der Waals surface area contributed by atoms with Gasteiger partial charge in [0.15, 0.2) is 0 Å². The fourth-order valence-corrected chi connectivity index (χ4v) is 1.87. The third-order valence-corrected chi connectivity index (χ3v) is 2.64. The number of alkyl halides is 1. The van der Waals surface area contributed by atoms with E-state index >= 15 is 0 Å².